The summed E-state index contributed by atoms with van der Waals surface area (Å²) in [5, 5.41) is 9.16. The van der Waals surface area contributed by atoms with Crippen molar-refractivity contribution in [1.29, 1.82) is 0 Å². The van der Waals surface area contributed by atoms with Crippen LogP contribution in [0.3, 0.4) is 0 Å². The number of hydrogen-bond donors (Lipinski definition) is 1. The van der Waals surface area contributed by atoms with Crippen molar-refractivity contribution in [3.8, 4) is 22.5 Å². The van der Waals surface area contributed by atoms with Gasteiger partial charge in [-0.2, -0.15) is 0 Å². The molecule has 4 heteroatoms. The summed E-state index contributed by atoms with van der Waals surface area (Å²) in [5.41, 5.74) is 6.55. The zero-order chi connectivity index (χ0) is 18.3. The van der Waals surface area contributed by atoms with Crippen LogP contribution in [0.1, 0.15) is 21.5 Å². The van der Waals surface area contributed by atoms with E-state index in [2.05, 4.69) is 40.7 Å². The molecule has 2 aromatic carbocycles. The smallest absolute Gasteiger partial charge is 0.335 e. The minimum absolute atomic E-state index is 0.301. The van der Waals surface area contributed by atoms with Crippen LogP contribution < -0.4 is 0 Å². The Kier molecular flexibility index (Phi) is 3.81. The number of hydrogen-bond acceptors (Lipinski definition) is 2. The van der Waals surface area contributed by atoms with Crippen molar-refractivity contribution in [3.05, 3.63) is 83.7 Å². The number of carboxylic acids is 1. The van der Waals surface area contributed by atoms with Crippen molar-refractivity contribution in [3.63, 3.8) is 0 Å². The first-order chi connectivity index (χ1) is 12.5. The van der Waals surface area contributed by atoms with Crippen molar-refractivity contribution < 1.29 is 9.90 Å². The molecule has 0 saturated carbocycles. The van der Waals surface area contributed by atoms with Gasteiger partial charge in [-0.25, -0.2) is 9.78 Å². The molecule has 4 nitrogen and oxygen atoms in total. The van der Waals surface area contributed by atoms with Crippen molar-refractivity contribution in [2.45, 2.75) is 13.8 Å². The van der Waals surface area contributed by atoms with Crippen LogP contribution in [0.15, 0.2) is 67.0 Å². The molecule has 128 valence electrons. The van der Waals surface area contributed by atoms with Crippen LogP contribution in [-0.2, 0) is 0 Å². The minimum atomic E-state index is -0.911. The molecule has 4 rings (SSSR count). The molecule has 0 radical (unpaired) electrons. The number of carbonyl (C=O) groups is 1. The van der Waals surface area contributed by atoms with Gasteiger partial charge in [0, 0.05) is 11.8 Å². The molecule has 0 amide bonds. The van der Waals surface area contributed by atoms with E-state index in [1.165, 1.54) is 5.56 Å². The summed E-state index contributed by atoms with van der Waals surface area (Å²) in [6, 6.07) is 17.6. The molecule has 0 aliphatic heterocycles. The quantitative estimate of drug-likeness (QED) is 0.571. The second-order valence-corrected chi connectivity index (χ2v) is 6.50. The standard InChI is InChI=1S/C22H18N2O2/c1-14-4-3-5-16(10-14)21-23-12-19-8-6-18(13-24(19)21)20-9-7-17(22(25)26)11-15(20)2/h3-13H,1-2H3,(H,25,26). The maximum absolute atomic E-state index is 11.2. The highest BCUT2D eigenvalue weighted by atomic mass is 16.4. The highest BCUT2D eigenvalue weighted by Crippen LogP contribution is 2.27. The molecule has 4 aromatic rings. The van der Waals surface area contributed by atoms with Crippen LogP contribution in [0.25, 0.3) is 28.0 Å². The molecule has 0 spiro atoms. The maximum atomic E-state index is 11.2. The van der Waals surface area contributed by atoms with Gasteiger partial charge in [-0.15, -0.1) is 0 Å². The number of aromatic nitrogens is 2. The third-order valence-electron chi connectivity index (χ3n) is 4.59. The van der Waals surface area contributed by atoms with Crippen LogP contribution in [0.4, 0.5) is 0 Å². The SMILES string of the molecule is Cc1cccc(-c2ncc3ccc(-c4ccc(C(=O)O)cc4C)cn23)c1. The molecule has 2 heterocycles. The van der Waals surface area contributed by atoms with Crippen LogP contribution in [0.5, 0.6) is 0 Å². The Bertz CT molecular complexity index is 1140. The first-order valence-corrected chi connectivity index (χ1v) is 8.41. The lowest BCUT2D eigenvalue weighted by atomic mass is 9.99. The Morgan fingerprint density at radius 1 is 1.00 bits per heavy atom. The van der Waals surface area contributed by atoms with Gasteiger partial charge in [0.15, 0.2) is 0 Å². The van der Waals surface area contributed by atoms with E-state index in [1.807, 2.05) is 37.4 Å². The van der Waals surface area contributed by atoms with Gasteiger partial charge in [-0.3, -0.25) is 4.40 Å². The molecule has 0 saturated heterocycles. The second kappa shape index (κ2) is 6.15. The van der Waals surface area contributed by atoms with Gasteiger partial charge in [0.2, 0.25) is 0 Å². The van der Waals surface area contributed by atoms with E-state index in [0.29, 0.717) is 5.56 Å². The Labute approximate surface area is 151 Å². The Balaban J connectivity index is 1.86. The van der Waals surface area contributed by atoms with Crippen LogP contribution in [0, 0.1) is 13.8 Å². The molecule has 0 unspecified atom stereocenters. The fourth-order valence-corrected chi connectivity index (χ4v) is 3.27. The van der Waals surface area contributed by atoms with Crippen molar-refractivity contribution >= 4 is 11.5 Å². The predicted molar refractivity (Wildman–Crippen MR) is 102 cm³/mol. The highest BCUT2D eigenvalue weighted by molar-refractivity contribution is 5.89. The maximum Gasteiger partial charge on any atom is 0.335 e. The van der Waals surface area contributed by atoms with Gasteiger partial charge in [-0.1, -0.05) is 35.9 Å². The highest BCUT2D eigenvalue weighted by Gasteiger charge is 2.11. The second-order valence-electron chi connectivity index (χ2n) is 6.50. The first kappa shape index (κ1) is 16.1. The zero-order valence-electron chi connectivity index (χ0n) is 14.6. The number of nitrogens with zero attached hydrogens (tertiary/aromatic N) is 2. The van der Waals surface area contributed by atoms with Crippen molar-refractivity contribution in [2.24, 2.45) is 0 Å². The van der Waals surface area contributed by atoms with Crippen molar-refractivity contribution in [2.75, 3.05) is 0 Å². The van der Waals surface area contributed by atoms with E-state index in [1.54, 1.807) is 12.1 Å². The van der Waals surface area contributed by atoms with Gasteiger partial charge in [0.05, 0.1) is 17.3 Å². The molecule has 26 heavy (non-hydrogen) atoms. The van der Waals surface area contributed by atoms with Crippen LogP contribution in [-0.4, -0.2) is 20.5 Å². The van der Waals surface area contributed by atoms with Crippen molar-refractivity contribution in [1.82, 2.24) is 9.38 Å². The van der Waals surface area contributed by atoms with Crippen LogP contribution >= 0.6 is 0 Å². The number of imidazole rings is 1. The number of carboxylic acid groups (broad SMARTS) is 1. The van der Waals surface area contributed by atoms with E-state index in [9.17, 15) is 4.79 Å². The fourth-order valence-electron chi connectivity index (χ4n) is 3.27. The lowest BCUT2D eigenvalue weighted by Gasteiger charge is -2.09. The van der Waals surface area contributed by atoms with Gasteiger partial charge < -0.3 is 5.11 Å². The number of rotatable bonds is 3. The molecule has 0 aliphatic carbocycles. The summed E-state index contributed by atoms with van der Waals surface area (Å²) < 4.78 is 2.08. The molecular weight excluding hydrogens is 324 g/mol. The number of benzene rings is 2. The fraction of sp³-hybridized carbons (Fsp3) is 0.0909. The summed E-state index contributed by atoms with van der Waals surface area (Å²) in [6.45, 7) is 4.00. The monoisotopic (exact) mass is 342 g/mol. The van der Waals surface area contributed by atoms with E-state index in [4.69, 9.17) is 5.11 Å². The summed E-state index contributed by atoms with van der Waals surface area (Å²) in [5.74, 6) is -0.0168. The number of aryl methyl sites for hydroxylation is 2. The van der Waals surface area contributed by atoms with Gasteiger partial charge in [0.25, 0.3) is 0 Å². The Hall–Kier alpha value is -3.40. The summed E-state index contributed by atoms with van der Waals surface area (Å²) in [7, 11) is 0. The van der Waals surface area contributed by atoms with E-state index in [0.717, 1.165) is 33.6 Å². The summed E-state index contributed by atoms with van der Waals surface area (Å²) >= 11 is 0. The molecule has 1 N–H and O–H groups in total. The topological polar surface area (TPSA) is 54.6 Å². The number of aromatic carboxylic acids is 1. The van der Waals surface area contributed by atoms with E-state index >= 15 is 0 Å². The minimum Gasteiger partial charge on any atom is -0.478 e. The normalized spacial score (nSPS) is 11.0. The molecule has 0 atom stereocenters. The molecule has 2 aromatic heterocycles. The summed E-state index contributed by atoms with van der Waals surface area (Å²) in [4.78, 5) is 15.7. The first-order valence-electron chi connectivity index (χ1n) is 8.41. The van der Waals surface area contributed by atoms with E-state index in [-0.39, 0.29) is 0 Å². The molecule has 0 aliphatic rings. The molecule has 0 bridgehead atoms. The molecule has 0 fully saturated rings. The summed E-state index contributed by atoms with van der Waals surface area (Å²) in [6.07, 6.45) is 3.92. The molecular formula is C22H18N2O2. The number of fused-ring (bicyclic) bond motifs is 1. The Morgan fingerprint density at radius 3 is 2.58 bits per heavy atom. The zero-order valence-corrected chi connectivity index (χ0v) is 14.6. The Morgan fingerprint density at radius 2 is 1.85 bits per heavy atom. The van der Waals surface area contributed by atoms with E-state index < -0.39 is 5.97 Å². The van der Waals surface area contributed by atoms with Crippen LogP contribution in [0.2, 0.25) is 0 Å². The average molecular weight is 342 g/mol. The van der Waals surface area contributed by atoms with Gasteiger partial charge in [0.1, 0.15) is 5.82 Å². The third kappa shape index (κ3) is 2.75. The lowest BCUT2D eigenvalue weighted by molar-refractivity contribution is 0.0697. The number of pyridine rings is 1. The average Bonchev–Trinajstić information content (AvgIpc) is 3.04. The lowest BCUT2D eigenvalue weighted by Crippen LogP contribution is -1.98. The van der Waals surface area contributed by atoms with Gasteiger partial charge in [-0.05, 0) is 54.8 Å². The largest absolute Gasteiger partial charge is 0.478 e. The predicted octanol–water partition coefficient (Wildman–Crippen LogP) is 4.98. The third-order valence-corrected chi connectivity index (χ3v) is 4.59. The van der Waals surface area contributed by atoms with Gasteiger partial charge >= 0.3 is 5.97 Å².